The van der Waals surface area contributed by atoms with Crippen LogP contribution in [-0.4, -0.2) is 11.0 Å². The first-order chi connectivity index (χ1) is 7.33. The zero-order valence-electron chi connectivity index (χ0n) is 8.89. The molecule has 1 fully saturated rings. The first-order valence-corrected chi connectivity index (χ1v) is 6.55. The summed E-state index contributed by atoms with van der Waals surface area (Å²) in [6.07, 6.45) is 9.42. The van der Waals surface area contributed by atoms with Crippen LogP contribution < -0.4 is 5.32 Å². The summed E-state index contributed by atoms with van der Waals surface area (Å²) in [4.78, 5) is 4.28. The monoisotopic (exact) mass is 220 g/mol. The molecule has 2 aliphatic rings. The molecule has 2 bridgehead atoms. The Kier molecular flexibility index (Phi) is 2.28. The van der Waals surface area contributed by atoms with Crippen molar-refractivity contribution in [2.45, 2.75) is 25.8 Å². The molecule has 0 spiro atoms. The predicted octanol–water partition coefficient (Wildman–Crippen LogP) is 3.16. The fraction of sp³-hybridized carbons (Fsp3) is 0.583. The summed E-state index contributed by atoms with van der Waals surface area (Å²) < 4.78 is 0. The van der Waals surface area contributed by atoms with Crippen molar-refractivity contribution in [1.29, 1.82) is 0 Å². The largest absolute Gasteiger partial charge is 0.359 e. The maximum atomic E-state index is 4.28. The van der Waals surface area contributed by atoms with Crippen LogP contribution in [0, 0.1) is 17.8 Å². The number of fused-ring (bicyclic) bond motifs is 2. The Balaban J connectivity index is 1.66. The van der Waals surface area contributed by atoms with Crippen molar-refractivity contribution in [3.8, 4) is 0 Å². The third kappa shape index (κ3) is 1.69. The van der Waals surface area contributed by atoms with Crippen molar-refractivity contribution in [3.63, 3.8) is 0 Å². The van der Waals surface area contributed by atoms with Crippen LogP contribution in [0.4, 0.5) is 5.13 Å². The zero-order valence-corrected chi connectivity index (χ0v) is 9.70. The van der Waals surface area contributed by atoms with Gasteiger partial charge < -0.3 is 5.32 Å². The van der Waals surface area contributed by atoms with Crippen molar-refractivity contribution in [2.75, 3.05) is 5.32 Å². The number of nitrogens with one attached hydrogen (secondary N) is 1. The molecule has 1 heterocycles. The fourth-order valence-corrected chi connectivity index (χ4v) is 3.62. The molecule has 0 radical (unpaired) electrons. The number of allylic oxidation sites excluding steroid dienone is 2. The van der Waals surface area contributed by atoms with Gasteiger partial charge in [0, 0.05) is 17.6 Å². The lowest BCUT2D eigenvalue weighted by molar-refractivity contribution is 0.400. The maximum absolute atomic E-state index is 4.28. The van der Waals surface area contributed by atoms with E-state index in [2.05, 4.69) is 29.4 Å². The lowest BCUT2D eigenvalue weighted by Crippen LogP contribution is -2.28. The van der Waals surface area contributed by atoms with Gasteiger partial charge >= 0.3 is 0 Å². The van der Waals surface area contributed by atoms with Crippen LogP contribution in [0.1, 0.15) is 19.8 Å². The number of hydrogen-bond donors (Lipinski definition) is 1. The van der Waals surface area contributed by atoms with Gasteiger partial charge in [-0.25, -0.2) is 4.98 Å². The molecule has 0 aromatic carbocycles. The van der Waals surface area contributed by atoms with Gasteiger partial charge in [-0.2, -0.15) is 0 Å². The average Bonchev–Trinajstić information content (AvgIpc) is 2.93. The van der Waals surface area contributed by atoms with E-state index in [1.54, 1.807) is 11.3 Å². The van der Waals surface area contributed by atoms with E-state index >= 15 is 0 Å². The highest BCUT2D eigenvalue weighted by Gasteiger charge is 2.38. The van der Waals surface area contributed by atoms with Gasteiger partial charge in [-0.1, -0.05) is 12.2 Å². The van der Waals surface area contributed by atoms with Crippen LogP contribution in [0.25, 0.3) is 0 Å². The molecule has 2 aliphatic carbocycles. The van der Waals surface area contributed by atoms with E-state index < -0.39 is 0 Å². The molecule has 1 N–H and O–H groups in total. The van der Waals surface area contributed by atoms with Crippen LogP contribution in [-0.2, 0) is 0 Å². The van der Waals surface area contributed by atoms with Gasteiger partial charge in [0.15, 0.2) is 5.13 Å². The smallest absolute Gasteiger partial charge is 0.182 e. The van der Waals surface area contributed by atoms with Crippen LogP contribution >= 0.6 is 11.3 Å². The van der Waals surface area contributed by atoms with E-state index in [1.165, 1.54) is 12.8 Å². The topological polar surface area (TPSA) is 24.9 Å². The summed E-state index contributed by atoms with van der Waals surface area (Å²) in [6.45, 7) is 2.29. The number of aromatic nitrogens is 1. The molecule has 1 saturated carbocycles. The molecule has 2 nitrogen and oxygen atoms in total. The summed E-state index contributed by atoms with van der Waals surface area (Å²) in [5.74, 6) is 2.49. The van der Waals surface area contributed by atoms with Gasteiger partial charge in [-0.05, 0) is 37.5 Å². The van der Waals surface area contributed by atoms with Crippen molar-refractivity contribution < 1.29 is 0 Å². The van der Waals surface area contributed by atoms with E-state index in [9.17, 15) is 0 Å². The molecule has 4 atom stereocenters. The van der Waals surface area contributed by atoms with Crippen LogP contribution in [0.2, 0.25) is 0 Å². The van der Waals surface area contributed by atoms with Crippen molar-refractivity contribution in [3.05, 3.63) is 23.7 Å². The summed E-state index contributed by atoms with van der Waals surface area (Å²) >= 11 is 1.69. The van der Waals surface area contributed by atoms with E-state index in [-0.39, 0.29) is 0 Å². The highest BCUT2D eigenvalue weighted by Crippen LogP contribution is 2.45. The summed E-state index contributed by atoms with van der Waals surface area (Å²) in [5, 5.41) is 6.61. The molecular weight excluding hydrogens is 204 g/mol. The number of rotatable bonds is 3. The van der Waals surface area contributed by atoms with Gasteiger partial charge in [0.2, 0.25) is 0 Å². The molecule has 80 valence electrons. The van der Waals surface area contributed by atoms with E-state index in [0.29, 0.717) is 6.04 Å². The van der Waals surface area contributed by atoms with Crippen LogP contribution in [0.5, 0.6) is 0 Å². The second kappa shape index (κ2) is 3.63. The minimum Gasteiger partial charge on any atom is -0.359 e. The van der Waals surface area contributed by atoms with Crippen molar-refractivity contribution >= 4 is 16.5 Å². The zero-order chi connectivity index (χ0) is 10.3. The lowest BCUT2D eigenvalue weighted by Gasteiger charge is -2.25. The van der Waals surface area contributed by atoms with Gasteiger partial charge in [-0.15, -0.1) is 11.3 Å². The van der Waals surface area contributed by atoms with Gasteiger partial charge in [-0.3, -0.25) is 0 Å². The minimum absolute atomic E-state index is 0.552. The SMILES string of the molecule is CC(Nc1nccs1)C1CC2C=CC1C2. The molecular formula is C12H16N2S. The molecule has 4 unspecified atom stereocenters. The molecule has 3 heteroatoms. The first-order valence-electron chi connectivity index (χ1n) is 5.67. The Bertz CT molecular complexity index is 358. The van der Waals surface area contributed by atoms with Gasteiger partial charge in [0.05, 0.1) is 0 Å². The summed E-state index contributed by atoms with van der Waals surface area (Å²) in [5.41, 5.74) is 0. The third-order valence-corrected chi connectivity index (χ3v) is 4.46. The summed E-state index contributed by atoms with van der Waals surface area (Å²) in [6, 6.07) is 0.552. The molecule has 1 aromatic heterocycles. The molecule has 0 aliphatic heterocycles. The Labute approximate surface area is 94.4 Å². The maximum Gasteiger partial charge on any atom is 0.182 e. The molecule has 0 saturated heterocycles. The number of hydrogen-bond acceptors (Lipinski definition) is 3. The Morgan fingerprint density at radius 1 is 1.47 bits per heavy atom. The molecule has 3 rings (SSSR count). The van der Waals surface area contributed by atoms with E-state index in [4.69, 9.17) is 0 Å². The molecule has 1 aromatic rings. The van der Waals surface area contributed by atoms with Gasteiger partial charge in [0.25, 0.3) is 0 Å². The normalized spacial score (nSPS) is 34.6. The first kappa shape index (κ1) is 9.40. The Morgan fingerprint density at radius 2 is 2.40 bits per heavy atom. The molecule has 0 amide bonds. The van der Waals surface area contributed by atoms with Crippen LogP contribution in [0.15, 0.2) is 23.7 Å². The fourth-order valence-electron chi connectivity index (χ4n) is 2.99. The number of nitrogens with zero attached hydrogens (tertiary/aromatic N) is 1. The predicted molar refractivity (Wildman–Crippen MR) is 64.0 cm³/mol. The van der Waals surface area contributed by atoms with Gasteiger partial charge in [0.1, 0.15) is 0 Å². The summed E-state index contributed by atoms with van der Waals surface area (Å²) in [7, 11) is 0. The van der Waals surface area contributed by atoms with Crippen molar-refractivity contribution in [2.24, 2.45) is 17.8 Å². The number of thiazole rings is 1. The third-order valence-electron chi connectivity index (χ3n) is 3.76. The van der Waals surface area contributed by atoms with Crippen LogP contribution in [0.3, 0.4) is 0 Å². The number of anilines is 1. The standard InChI is InChI=1S/C12H16N2S/c1-8(14-12-13-4-5-15-12)11-7-9-2-3-10(11)6-9/h2-5,8-11H,6-7H2,1H3,(H,13,14). The Morgan fingerprint density at radius 3 is 3.00 bits per heavy atom. The Hall–Kier alpha value is -0.830. The van der Waals surface area contributed by atoms with Crippen molar-refractivity contribution in [1.82, 2.24) is 4.98 Å². The minimum atomic E-state index is 0.552. The quantitative estimate of drug-likeness (QED) is 0.791. The van der Waals surface area contributed by atoms with E-state index in [0.717, 1.165) is 22.9 Å². The molecule has 15 heavy (non-hydrogen) atoms. The lowest BCUT2D eigenvalue weighted by atomic mass is 9.88. The highest BCUT2D eigenvalue weighted by atomic mass is 32.1. The average molecular weight is 220 g/mol. The highest BCUT2D eigenvalue weighted by molar-refractivity contribution is 7.13. The second-order valence-electron chi connectivity index (χ2n) is 4.71. The second-order valence-corrected chi connectivity index (χ2v) is 5.61. The van der Waals surface area contributed by atoms with E-state index in [1.807, 2.05) is 11.6 Å².